The second-order valence-electron chi connectivity index (χ2n) is 8.22. The van der Waals surface area contributed by atoms with Crippen molar-refractivity contribution in [3.8, 4) is 23.0 Å². The van der Waals surface area contributed by atoms with Gasteiger partial charge in [0, 0.05) is 16.5 Å². The maximum Gasteiger partial charge on any atom is 0.454 e. The molecule has 1 unspecified atom stereocenters. The van der Waals surface area contributed by atoms with Crippen LogP contribution in [0.5, 0.6) is 0 Å². The summed E-state index contributed by atoms with van der Waals surface area (Å²) in [7, 11) is 1.42. The molecule has 1 aliphatic rings. The Morgan fingerprint density at radius 1 is 1.10 bits per heavy atom. The van der Waals surface area contributed by atoms with Crippen molar-refractivity contribution in [2.24, 2.45) is 10.5 Å². The first kappa shape index (κ1) is 20.5. The highest BCUT2D eigenvalue weighted by molar-refractivity contribution is 5.97. The van der Waals surface area contributed by atoms with Gasteiger partial charge in [-0.05, 0) is 51.5 Å². The van der Waals surface area contributed by atoms with Crippen LogP contribution in [-0.2, 0) is 0 Å². The third-order valence-corrected chi connectivity index (χ3v) is 4.44. The second-order valence-corrected chi connectivity index (χ2v) is 8.22. The van der Waals surface area contributed by atoms with Gasteiger partial charge in [0.05, 0.1) is 11.8 Å². The summed E-state index contributed by atoms with van der Waals surface area (Å²) < 4.78 is 13.5. The van der Waals surface area contributed by atoms with Crippen molar-refractivity contribution in [3.05, 3.63) is 66.1 Å². The van der Waals surface area contributed by atoms with Gasteiger partial charge in [0.15, 0.2) is 0 Å². The Balaban J connectivity index is 1.87. The van der Waals surface area contributed by atoms with E-state index in [0.29, 0.717) is 11.4 Å². The number of hydrogen-bond acceptors (Lipinski definition) is 2. The molecule has 5 heteroatoms. The van der Waals surface area contributed by atoms with Crippen LogP contribution in [0.3, 0.4) is 0 Å². The highest BCUT2D eigenvalue weighted by Crippen LogP contribution is 2.31. The van der Waals surface area contributed by atoms with Gasteiger partial charge < -0.3 is 0 Å². The van der Waals surface area contributed by atoms with E-state index in [1.54, 1.807) is 13.0 Å². The number of nitrogens with one attached hydrogen (secondary N) is 1. The molecule has 1 N–H and O–H groups in total. The predicted octanol–water partition coefficient (Wildman–Crippen LogP) is 5.93. The molecule has 2 amide bonds. The predicted molar refractivity (Wildman–Crippen MR) is 116 cm³/mol. The van der Waals surface area contributed by atoms with E-state index in [4.69, 9.17) is 0 Å². The number of allylic oxidation sites excluding steroid dienone is 1. The molecule has 2 aromatic carbocycles. The molecule has 29 heavy (non-hydrogen) atoms. The number of carbonyl (C=O) groups is 1. The van der Waals surface area contributed by atoms with Crippen molar-refractivity contribution < 1.29 is 13.8 Å². The van der Waals surface area contributed by atoms with Gasteiger partial charge >= 0.3 is 12.0 Å². The standard InChI is InChI=1S/C24H24FN3O/c1-17-16-22(25)28(5,27-17)23(29)26-21-9-7-6-8-20(21)19-12-10-18(11-13-19)14-15-24(2,3)4/h6-13,16H,1-5H3/p+1. The van der Waals surface area contributed by atoms with E-state index >= 15 is 0 Å². The first-order valence-electron chi connectivity index (χ1n) is 9.44. The van der Waals surface area contributed by atoms with E-state index in [-0.39, 0.29) is 5.41 Å². The van der Waals surface area contributed by atoms with E-state index in [1.807, 2.05) is 42.5 Å². The molecular formula is C24H25FN3O+. The molecule has 1 heterocycles. The number of halogens is 1. The van der Waals surface area contributed by atoms with Gasteiger partial charge in [-0.1, -0.05) is 51.9 Å². The van der Waals surface area contributed by atoms with Crippen LogP contribution >= 0.6 is 0 Å². The number of anilines is 1. The minimum atomic E-state index is -0.776. The Morgan fingerprint density at radius 3 is 2.34 bits per heavy atom. The van der Waals surface area contributed by atoms with Crippen LogP contribution in [0.25, 0.3) is 11.1 Å². The number of carbonyl (C=O) groups excluding carboxylic acids is 1. The minimum absolute atomic E-state index is 0.0608. The summed E-state index contributed by atoms with van der Waals surface area (Å²) in [5.74, 6) is 5.78. The number of quaternary nitrogens is 1. The highest BCUT2D eigenvalue weighted by atomic mass is 19.1. The average molecular weight is 390 g/mol. The summed E-state index contributed by atoms with van der Waals surface area (Å²) in [6, 6.07) is 14.7. The molecule has 0 saturated carbocycles. The Morgan fingerprint density at radius 2 is 1.76 bits per heavy atom. The van der Waals surface area contributed by atoms with Crippen LogP contribution in [0.4, 0.5) is 14.9 Å². The van der Waals surface area contributed by atoms with Crippen LogP contribution in [0, 0.1) is 17.3 Å². The summed E-state index contributed by atoms with van der Waals surface area (Å²) in [6.45, 7) is 7.87. The van der Waals surface area contributed by atoms with Crippen LogP contribution in [0.1, 0.15) is 33.3 Å². The lowest BCUT2D eigenvalue weighted by Crippen LogP contribution is -2.44. The molecule has 0 spiro atoms. The van der Waals surface area contributed by atoms with Gasteiger partial charge in [-0.25, -0.2) is 4.79 Å². The van der Waals surface area contributed by atoms with Gasteiger partial charge in [0.25, 0.3) is 0 Å². The number of rotatable bonds is 2. The molecule has 0 fully saturated rings. The molecule has 1 atom stereocenters. The normalized spacial score (nSPS) is 18.4. The van der Waals surface area contributed by atoms with Crippen molar-refractivity contribution >= 4 is 17.4 Å². The Hall–Kier alpha value is -3.23. The molecule has 2 aromatic rings. The Bertz CT molecular complexity index is 1070. The zero-order valence-electron chi connectivity index (χ0n) is 17.4. The van der Waals surface area contributed by atoms with E-state index in [0.717, 1.165) is 16.7 Å². The minimum Gasteiger partial charge on any atom is -0.272 e. The number of benzene rings is 2. The van der Waals surface area contributed by atoms with Gasteiger partial charge in [0.2, 0.25) is 0 Å². The second kappa shape index (κ2) is 7.65. The molecular weight excluding hydrogens is 365 g/mol. The van der Waals surface area contributed by atoms with E-state index in [2.05, 4.69) is 43.0 Å². The van der Waals surface area contributed by atoms with Crippen molar-refractivity contribution in [1.82, 2.24) is 0 Å². The lowest BCUT2D eigenvalue weighted by Gasteiger charge is -2.20. The zero-order valence-corrected chi connectivity index (χ0v) is 17.4. The molecule has 0 saturated heterocycles. The highest BCUT2D eigenvalue weighted by Gasteiger charge is 2.42. The fraction of sp³-hybridized carbons (Fsp3) is 0.250. The molecule has 1 aliphatic heterocycles. The largest absolute Gasteiger partial charge is 0.454 e. The molecule has 0 bridgehead atoms. The molecule has 0 radical (unpaired) electrons. The van der Waals surface area contributed by atoms with Gasteiger partial charge in [-0.15, -0.1) is 4.39 Å². The summed E-state index contributed by atoms with van der Waals surface area (Å²) >= 11 is 0. The Labute approximate surface area is 171 Å². The van der Waals surface area contributed by atoms with Crippen molar-refractivity contribution in [3.63, 3.8) is 0 Å². The van der Waals surface area contributed by atoms with Crippen LogP contribution in [-0.4, -0.2) is 23.4 Å². The lowest BCUT2D eigenvalue weighted by molar-refractivity contribution is -0.803. The quantitative estimate of drug-likeness (QED) is 0.385. The van der Waals surface area contributed by atoms with Gasteiger partial charge in [-0.2, -0.15) is 0 Å². The average Bonchev–Trinajstić information content (AvgIpc) is 2.93. The monoisotopic (exact) mass is 390 g/mol. The summed E-state index contributed by atoms with van der Waals surface area (Å²) in [5, 5.41) is 6.93. The smallest absolute Gasteiger partial charge is 0.272 e. The summed E-state index contributed by atoms with van der Waals surface area (Å²) in [5.41, 5.74) is 3.71. The maximum absolute atomic E-state index is 14.2. The third kappa shape index (κ3) is 4.61. The molecule has 3 rings (SSSR count). The fourth-order valence-electron chi connectivity index (χ4n) is 2.89. The third-order valence-electron chi connectivity index (χ3n) is 4.44. The molecule has 0 aliphatic carbocycles. The first-order valence-corrected chi connectivity index (χ1v) is 9.44. The number of amides is 2. The molecule has 0 aromatic heterocycles. The van der Waals surface area contributed by atoms with Gasteiger partial charge in [-0.3, -0.25) is 5.32 Å². The number of hydrogen-bond donors (Lipinski definition) is 1. The van der Waals surface area contributed by atoms with Crippen LogP contribution in [0.15, 0.2) is 65.7 Å². The topological polar surface area (TPSA) is 41.5 Å². The summed E-state index contributed by atoms with van der Waals surface area (Å²) in [6.07, 6.45) is 1.27. The first-order chi connectivity index (χ1) is 13.6. The van der Waals surface area contributed by atoms with Gasteiger partial charge in [0.1, 0.15) is 12.8 Å². The molecule has 148 valence electrons. The number of nitrogens with zero attached hydrogens (tertiary/aromatic N) is 2. The summed E-state index contributed by atoms with van der Waals surface area (Å²) in [4.78, 5) is 12.8. The van der Waals surface area contributed by atoms with Crippen molar-refractivity contribution in [2.75, 3.05) is 12.4 Å². The van der Waals surface area contributed by atoms with E-state index < -0.39 is 16.6 Å². The fourth-order valence-corrected chi connectivity index (χ4v) is 2.89. The van der Waals surface area contributed by atoms with E-state index in [9.17, 15) is 9.18 Å². The van der Waals surface area contributed by atoms with Crippen LogP contribution in [0.2, 0.25) is 0 Å². The zero-order chi connectivity index (χ0) is 21.2. The van der Waals surface area contributed by atoms with Crippen molar-refractivity contribution in [2.45, 2.75) is 27.7 Å². The van der Waals surface area contributed by atoms with E-state index in [1.165, 1.54) is 13.1 Å². The van der Waals surface area contributed by atoms with Crippen molar-refractivity contribution in [1.29, 1.82) is 0 Å². The lowest BCUT2D eigenvalue weighted by atomic mass is 9.97. The SMILES string of the molecule is CC1=N[N+](C)(C(=O)Nc2ccccc2-c2ccc(C#CC(C)(C)C)cc2)C(F)=C1. The Kier molecular flexibility index (Phi) is 5.41. The van der Waals surface area contributed by atoms with Crippen LogP contribution < -0.4 is 5.32 Å². The number of para-hydroxylation sites is 1. The maximum atomic E-state index is 14.2. The number of urea groups is 1. The molecule has 4 nitrogen and oxygen atoms in total.